The molecule has 0 aromatic heterocycles. The highest BCUT2D eigenvalue weighted by molar-refractivity contribution is 5.80. The second-order valence-corrected chi connectivity index (χ2v) is 4.12. The maximum absolute atomic E-state index is 11.2. The van der Waals surface area contributed by atoms with Crippen LogP contribution in [0.25, 0.3) is 0 Å². The summed E-state index contributed by atoms with van der Waals surface area (Å²) in [6.07, 6.45) is 1.01. The Hall–Kier alpha value is -0.610. The minimum Gasteiger partial charge on any atom is -0.381 e. The SMILES string of the molecule is CC(N)C(=O)NCC1(C)CCOC1. The molecule has 0 spiro atoms. The summed E-state index contributed by atoms with van der Waals surface area (Å²) in [6, 6.07) is -0.425. The van der Waals surface area contributed by atoms with Crippen LogP contribution in [0.3, 0.4) is 0 Å². The number of rotatable bonds is 3. The van der Waals surface area contributed by atoms with Crippen LogP contribution in [0.2, 0.25) is 0 Å². The molecule has 1 rings (SSSR count). The zero-order valence-corrected chi connectivity index (χ0v) is 8.30. The van der Waals surface area contributed by atoms with Crippen molar-refractivity contribution in [1.82, 2.24) is 5.32 Å². The summed E-state index contributed by atoms with van der Waals surface area (Å²) in [5.74, 6) is -0.0897. The van der Waals surface area contributed by atoms with Gasteiger partial charge in [-0.3, -0.25) is 4.79 Å². The van der Waals surface area contributed by atoms with Gasteiger partial charge in [0.25, 0.3) is 0 Å². The van der Waals surface area contributed by atoms with Crippen LogP contribution in [0.4, 0.5) is 0 Å². The number of carbonyl (C=O) groups is 1. The fraction of sp³-hybridized carbons (Fsp3) is 0.889. The predicted molar refractivity (Wildman–Crippen MR) is 50.2 cm³/mol. The van der Waals surface area contributed by atoms with Crippen molar-refractivity contribution in [3.05, 3.63) is 0 Å². The summed E-state index contributed by atoms with van der Waals surface area (Å²) in [5.41, 5.74) is 5.52. The Bertz CT molecular complexity index is 186. The largest absolute Gasteiger partial charge is 0.381 e. The van der Waals surface area contributed by atoms with Crippen LogP contribution in [-0.2, 0) is 9.53 Å². The molecule has 0 aromatic carbocycles. The zero-order chi connectivity index (χ0) is 9.90. The first-order valence-corrected chi connectivity index (χ1v) is 4.65. The van der Waals surface area contributed by atoms with Gasteiger partial charge < -0.3 is 15.8 Å². The van der Waals surface area contributed by atoms with Gasteiger partial charge in [-0.15, -0.1) is 0 Å². The number of hydrogen-bond donors (Lipinski definition) is 2. The molecule has 0 aromatic rings. The van der Waals surface area contributed by atoms with Crippen molar-refractivity contribution in [1.29, 1.82) is 0 Å². The van der Waals surface area contributed by atoms with Gasteiger partial charge >= 0.3 is 0 Å². The van der Waals surface area contributed by atoms with E-state index in [1.807, 2.05) is 0 Å². The summed E-state index contributed by atoms with van der Waals surface area (Å²) in [6.45, 7) is 5.98. The molecule has 0 saturated carbocycles. The number of nitrogens with two attached hydrogens (primary N) is 1. The highest BCUT2D eigenvalue weighted by Gasteiger charge is 2.30. The van der Waals surface area contributed by atoms with Crippen molar-refractivity contribution < 1.29 is 9.53 Å². The van der Waals surface area contributed by atoms with E-state index in [0.29, 0.717) is 6.54 Å². The third-order valence-electron chi connectivity index (χ3n) is 2.40. The Balaban J connectivity index is 2.29. The first-order chi connectivity index (χ1) is 6.03. The highest BCUT2D eigenvalue weighted by Crippen LogP contribution is 2.26. The average Bonchev–Trinajstić information content (AvgIpc) is 2.48. The summed E-state index contributed by atoms with van der Waals surface area (Å²) in [7, 11) is 0. The van der Waals surface area contributed by atoms with E-state index in [2.05, 4.69) is 12.2 Å². The predicted octanol–water partition coefficient (Wildman–Crippen LogP) is -0.124. The van der Waals surface area contributed by atoms with Gasteiger partial charge in [-0.1, -0.05) is 6.92 Å². The molecule has 2 unspecified atom stereocenters. The smallest absolute Gasteiger partial charge is 0.236 e. The summed E-state index contributed by atoms with van der Waals surface area (Å²) >= 11 is 0. The van der Waals surface area contributed by atoms with Crippen LogP contribution < -0.4 is 11.1 Å². The number of carbonyl (C=O) groups excluding carboxylic acids is 1. The number of hydrogen-bond acceptors (Lipinski definition) is 3. The Labute approximate surface area is 78.8 Å². The van der Waals surface area contributed by atoms with Crippen molar-refractivity contribution in [2.24, 2.45) is 11.1 Å². The van der Waals surface area contributed by atoms with Gasteiger partial charge in [0.2, 0.25) is 5.91 Å². The first kappa shape index (κ1) is 10.5. The minimum atomic E-state index is -0.425. The molecule has 1 fully saturated rings. The fourth-order valence-corrected chi connectivity index (χ4v) is 1.31. The monoisotopic (exact) mass is 186 g/mol. The second-order valence-electron chi connectivity index (χ2n) is 4.12. The molecular weight excluding hydrogens is 168 g/mol. The lowest BCUT2D eigenvalue weighted by Crippen LogP contribution is -2.43. The summed E-state index contributed by atoms with van der Waals surface area (Å²) < 4.78 is 5.27. The molecule has 0 bridgehead atoms. The maximum Gasteiger partial charge on any atom is 0.236 e. The molecule has 1 saturated heterocycles. The zero-order valence-electron chi connectivity index (χ0n) is 8.30. The van der Waals surface area contributed by atoms with Crippen molar-refractivity contribution in [2.45, 2.75) is 26.3 Å². The molecule has 76 valence electrons. The molecule has 4 nitrogen and oxygen atoms in total. The van der Waals surface area contributed by atoms with Gasteiger partial charge in [0.1, 0.15) is 0 Å². The standard InChI is InChI=1S/C9H18N2O2/c1-7(10)8(12)11-5-9(2)3-4-13-6-9/h7H,3-6,10H2,1-2H3,(H,11,12). The van der Waals surface area contributed by atoms with E-state index >= 15 is 0 Å². The van der Waals surface area contributed by atoms with Gasteiger partial charge in [-0.2, -0.15) is 0 Å². The van der Waals surface area contributed by atoms with E-state index in [1.54, 1.807) is 6.92 Å². The van der Waals surface area contributed by atoms with Crippen LogP contribution in [-0.4, -0.2) is 31.7 Å². The molecule has 4 heteroatoms. The second kappa shape index (κ2) is 4.07. The molecule has 3 N–H and O–H groups in total. The Morgan fingerprint density at radius 1 is 1.77 bits per heavy atom. The van der Waals surface area contributed by atoms with Gasteiger partial charge in [0.05, 0.1) is 12.6 Å². The lowest BCUT2D eigenvalue weighted by Gasteiger charge is -2.22. The highest BCUT2D eigenvalue weighted by atomic mass is 16.5. The molecule has 0 aliphatic carbocycles. The van der Waals surface area contributed by atoms with Crippen LogP contribution in [0.1, 0.15) is 20.3 Å². The molecule has 1 heterocycles. The van der Waals surface area contributed by atoms with E-state index in [-0.39, 0.29) is 11.3 Å². The minimum absolute atomic E-state index is 0.0897. The number of nitrogens with one attached hydrogen (secondary N) is 1. The Kier molecular flexibility index (Phi) is 3.27. The number of amides is 1. The van der Waals surface area contributed by atoms with E-state index < -0.39 is 6.04 Å². The van der Waals surface area contributed by atoms with Crippen LogP contribution in [0.5, 0.6) is 0 Å². The average molecular weight is 186 g/mol. The fourth-order valence-electron chi connectivity index (χ4n) is 1.31. The molecule has 2 atom stereocenters. The summed E-state index contributed by atoms with van der Waals surface area (Å²) in [4.78, 5) is 11.2. The van der Waals surface area contributed by atoms with Crippen molar-refractivity contribution >= 4 is 5.91 Å². The van der Waals surface area contributed by atoms with E-state index in [9.17, 15) is 4.79 Å². The Morgan fingerprint density at radius 3 is 2.92 bits per heavy atom. The quantitative estimate of drug-likeness (QED) is 0.645. The van der Waals surface area contributed by atoms with Crippen molar-refractivity contribution in [3.63, 3.8) is 0 Å². The maximum atomic E-state index is 11.2. The molecule has 0 radical (unpaired) electrons. The normalized spacial score (nSPS) is 30.1. The molecule has 1 aliphatic heterocycles. The van der Waals surface area contributed by atoms with E-state index in [0.717, 1.165) is 19.6 Å². The molecule has 1 amide bonds. The molecule has 13 heavy (non-hydrogen) atoms. The van der Waals surface area contributed by atoms with Crippen LogP contribution >= 0.6 is 0 Å². The Morgan fingerprint density at radius 2 is 2.46 bits per heavy atom. The van der Waals surface area contributed by atoms with Crippen LogP contribution in [0, 0.1) is 5.41 Å². The molecule has 1 aliphatic rings. The first-order valence-electron chi connectivity index (χ1n) is 4.65. The summed E-state index contributed by atoms with van der Waals surface area (Å²) in [5, 5.41) is 2.82. The van der Waals surface area contributed by atoms with E-state index in [4.69, 9.17) is 10.5 Å². The molecular formula is C9H18N2O2. The van der Waals surface area contributed by atoms with Gasteiger partial charge in [-0.05, 0) is 13.3 Å². The topological polar surface area (TPSA) is 64.4 Å². The van der Waals surface area contributed by atoms with Gasteiger partial charge in [0.15, 0.2) is 0 Å². The van der Waals surface area contributed by atoms with Crippen molar-refractivity contribution in [3.8, 4) is 0 Å². The van der Waals surface area contributed by atoms with E-state index in [1.165, 1.54) is 0 Å². The lowest BCUT2D eigenvalue weighted by atomic mass is 9.90. The van der Waals surface area contributed by atoms with Gasteiger partial charge in [-0.25, -0.2) is 0 Å². The third-order valence-corrected chi connectivity index (χ3v) is 2.40. The van der Waals surface area contributed by atoms with Gasteiger partial charge in [0, 0.05) is 18.6 Å². The number of ether oxygens (including phenoxy) is 1. The van der Waals surface area contributed by atoms with Crippen LogP contribution in [0.15, 0.2) is 0 Å². The third kappa shape index (κ3) is 2.97. The lowest BCUT2D eigenvalue weighted by molar-refractivity contribution is -0.122. The van der Waals surface area contributed by atoms with Crippen molar-refractivity contribution in [2.75, 3.05) is 19.8 Å².